The van der Waals surface area contributed by atoms with Crippen LogP contribution in [0.25, 0.3) is 22.7 Å². The Hall–Kier alpha value is -4.72. The Morgan fingerprint density at radius 3 is 2.57 bits per heavy atom. The molecular formula is C29H27N5O3. The summed E-state index contributed by atoms with van der Waals surface area (Å²) in [4.78, 5) is 46.6. The molecule has 3 amide bonds. The maximum absolute atomic E-state index is 13.0. The van der Waals surface area contributed by atoms with E-state index in [2.05, 4.69) is 15.3 Å². The van der Waals surface area contributed by atoms with Gasteiger partial charge < -0.3 is 20.9 Å². The summed E-state index contributed by atoms with van der Waals surface area (Å²) >= 11 is 0. The average molecular weight is 494 g/mol. The molecule has 37 heavy (non-hydrogen) atoms. The lowest BCUT2D eigenvalue weighted by Gasteiger charge is -2.26. The second kappa shape index (κ2) is 10.5. The van der Waals surface area contributed by atoms with Gasteiger partial charge in [0.1, 0.15) is 5.65 Å². The highest BCUT2D eigenvalue weighted by Crippen LogP contribution is 2.29. The fourth-order valence-corrected chi connectivity index (χ4v) is 4.62. The van der Waals surface area contributed by atoms with Crippen molar-refractivity contribution in [1.29, 1.82) is 0 Å². The number of rotatable bonds is 7. The lowest BCUT2D eigenvalue weighted by Crippen LogP contribution is -2.35. The molecule has 4 N–H and O–H groups in total. The van der Waals surface area contributed by atoms with Gasteiger partial charge in [-0.25, -0.2) is 4.98 Å². The molecule has 8 heteroatoms. The van der Waals surface area contributed by atoms with Crippen LogP contribution in [0, 0.1) is 0 Å². The number of pyridine rings is 1. The first-order valence-electron chi connectivity index (χ1n) is 12.2. The molecule has 5 rings (SSSR count). The zero-order valence-electron chi connectivity index (χ0n) is 20.2. The van der Waals surface area contributed by atoms with E-state index in [0.29, 0.717) is 39.8 Å². The highest BCUT2D eigenvalue weighted by atomic mass is 16.2. The maximum atomic E-state index is 13.0. The molecule has 1 aliphatic heterocycles. The van der Waals surface area contributed by atoms with Crippen LogP contribution in [0.4, 0.5) is 11.4 Å². The third kappa shape index (κ3) is 5.28. The first kappa shape index (κ1) is 24.0. The van der Waals surface area contributed by atoms with Crippen molar-refractivity contribution in [2.24, 2.45) is 5.73 Å². The first-order valence-corrected chi connectivity index (χ1v) is 12.2. The number of H-pyrrole nitrogens is 1. The number of carbonyl (C=O) groups is 3. The minimum Gasteiger partial charge on any atom is -0.366 e. The molecule has 0 unspecified atom stereocenters. The van der Waals surface area contributed by atoms with Crippen LogP contribution in [0.5, 0.6) is 0 Å². The quantitative estimate of drug-likeness (QED) is 0.333. The van der Waals surface area contributed by atoms with Crippen molar-refractivity contribution in [3.05, 3.63) is 89.7 Å². The number of amides is 3. The van der Waals surface area contributed by atoms with Crippen molar-refractivity contribution in [2.45, 2.75) is 25.7 Å². The molecule has 1 fully saturated rings. The number of aromatic amines is 1. The van der Waals surface area contributed by atoms with Crippen LogP contribution < -0.4 is 16.0 Å². The van der Waals surface area contributed by atoms with Crippen LogP contribution in [-0.2, 0) is 20.8 Å². The first-order chi connectivity index (χ1) is 18.0. The van der Waals surface area contributed by atoms with Crippen LogP contribution in [0.1, 0.15) is 36.0 Å². The number of fused-ring (bicyclic) bond motifs is 1. The molecule has 0 saturated carbocycles. The van der Waals surface area contributed by atoms with E-state index >= 15 is 0 Å². The van der Waals surface area contributed by atoms with Crippen molar-refractivity contribution >= 4 is 51.8 Å². The topological polar surface area (TPSA) is 121 Å². The Morgan fingerprint density at radius 1 is 1.05 bits per heavy atom. The Balaban J connectivity index is 1.37. The number of benzene rings is 2. The normalized spacial score (nSPS) is 14.1. The van der Waals surface area contributed by atoms with Crippen molar-refractivity contribution < 1.29 is 14.4 Å². The van der Waals surface area contributed by atoms with Crippen LogP contribution >= 0.6 is 0 Å². The molecule has 4 aromatic rings. The summed E-state index contributed by atoms with van der Waals surface area (Å²) in [7, 11) is 0. The van der Waals surface area contributed by atoms with Gasteiger partial charge in [-0.1, -0.05) is 42.5 Å². The lowest BCUT2D eigenvalue weighted by atomic mass is 10.0. The van der Waals surface area contributed by atoms with Gasteiger partial charge in [0.25, 0.3) is 0 Å². The van der Waals surface area contributed by atoms with E-state index in [1.165, 1.54) is 0 Å². The second-order valence-corrected chi connectivity index (χ2v) is 9.01. The van der Waals surface area contributed by atoms with Crippen molar-refractivity contribution in [3.63, 3.8) is 0 Å². The number of nitrogens with zero attached hydrogens (tertiary/aromatic N) is 2. The molecular weight excluding hydrogens is 466 g/mol. The molecule has 1 saturated heterocycles. The molecule has 2 aromatic carbocycles. The Labute approximate surface area is 214 Å². The molecule has 0 atom stereocenters. The number of primary amides is 1. The Kier molecular flexibility index (Phi) is 6.81. The number of anilines is 2. The predicted molar refractivity (Wildman–Crippen MR) is 145 cm³/mol. The third-order valence-corrected chi connectivity index (χ3v) is 6.46. The van der Waals surface area contributed by atoms with Gasteiger partial charge in [0.05, 0.1) is 12.1 Å². The highest BCUT2D eigenvalue weighted by Gasteiger charge is 2.20. The average Bonchev–Trinajstić information content (AvgIpc) is 3.32. The number of hydrogen-bond acceptors (Lipinski definition) is 4. The van der Waals surface area contributed by atoms with Crippen molar-refractivity contribution in [1.82, 2.24) is 9.97 Å². The molecule has 8 nitrogen and oxygen atoms in total. The van der Waals surface area contributed by atoms with Gasteiger partial charge >= 0.3 is 0 Å². The van der Waals surface area contributed by atoms with Gasteiger partial charge in [-0.2, -0.15) is 0 Å². The van der Waals surface area contributed by atoms with Gasteiger partial charge in [0.15, 0.2) is 0 Å². The second-order valence-electron chi connectivity index (χ2n) is 9.01. The number of nitrogens with one attached hydrogen (secondary N) is 2. The SMILES string of the molecule is NC(=O)C(=Cc1c[nH]c2nccc(NC(=O)Cc3ccc(N4CCCCC4=O)cc3)c12)c1ccccc1. The molecule has 0 spiro atoms. The minimum absolute atomic E-state index is 0.140. The van der Waals surface area contributed by atoms with Gasteiger partial charge in [-0.05, 0) is 48.2 Å². The summed E-state index contributed by atoms with van der Waals surface area (Å²) in [6, 6.07) is 18.4. The summed E-state index contributed by atoms with van der Waals surface area (Å²) in [5.74, 6) is -0.602. The van der Waals surface area contributed by atoms with Crippen molar-refractivity contribution in [3.8, 4) is 0 Å². The van der Waals surface area contributed by atoms with E-state index in [1.54, 1.807) is 29.4 Å². The monoisotopic (exact) mass is 493 g/mol. The molecule has 186 valence electrons. The van der Waals surface area contributed by atoms with E-state index in [4.69, 9.17) is 5.73 Å². The van der Waals surface area contributed by atoms with Crippen LogP contribution in [0.15, 0.2) is 73.1 Å². The molecule has 0 radical (unpaired) electrons. The minimum atomic E-state index is -0.551. The molecule has 0 bridgehead atoms. The Bertz CT molecular complexity index is 1490. The molecule has 1 aliphatic rings. The smallest absolute Gasteiger partial charge is 0.249 e. The fraction of sp³-hybridized carbons (Fsp3) is 0.172. The van der Waals surface area contributed by atoms with E-state index in [0.717, 1.165) is 30.6 Å². The molecule has 2 aromatic heterocycles. The van der Waals surface area contributed by atoms with E-state index in [9.17, 15) is 14.4 Å². The highest BCUT2D eigenvalue weighted by molar-refractivity contribution is 6.24. The van der Waals surface area contributed by atoms with Crippen LogP contribution in [0.2, 0.25) is 0 Å². The zero-order valence-corrected chi connectivity index (χ0v) is 20.2. The summed E-state index contributed by atoms with van der Waals surface area (Å²) in [6.45, 7) is 0.728. The van der Waals surface area contributed by atoms with E-state index in [-0.39, 0.29) is 18.2 Å². The van der Waals surface area contributed by atoms with Crippen molar-refractivity contribution in [2.75, 3.05) is 16.8 Å². The zero-order chi connectivity index (χ0) is 25.8. The summed E-state index contributed by atoms with van der Waals surface area (Å²) < 4.78 is 0. The third-order valence-electron chi connectivity index (χ3n) is 6.46. The van der Waals surface area contributed by atoms with Gasteiger partial charge in [-0.3, -0.25) is 14.4 Å². The number of aromatic nitrogens is 2. The van der Waals surface area contributed by atoms with Crippen LogP contribution in [0.3, 0.4) is 0 Å². The largest absolute Gasteiger partial charge is 0.366 e. The predicted octanol–water partition coefficient (Wildman–Crippen LogP) is 4.29. The molecule has 0 aliphatic carbocycles. The summed E-state index contributed by atoms with van der Waals surface area (Å²) in [5, 5.41) is 3.66. The maximum Gasteiger partial charge on any atom is 0.249 e. The molecule has 3 heterocycles. The van der Waals surface area contributed by atoms with Gasteiger partial charge in [0.2, 0.25) is 17.7 Å². The summed E-state index contributed by atoms with van der Waals surface area (Å²) in [5.41, 5.74) is 10.3. The standard InChI is InChI=1S/C29H27N5O3/c30-28(37)23(20-6-2-1-3-7-20)17-21-18-32-29-27(21)24(13-14-31-29)33-25(35)16-19-9-11-22(12-10-19)34-15-5-4-8-26(34)36/h1-3,6-7,9-14,17-18H,4-5,8,15-16H2,(H2,30,37)(H2,31,32,33,35). The lowest BCUT2D eigenvalue weighted by molar-refractivity contribution is -0.119. The van der Waals surface area contributed by atoms with Crippen LogP contribution in [-0.4, -0.2) is 34.2 Å². The number of nitrogens with two attached hydrogens (primary N) is 1. The fourth-order valence-electron chi connectivity index (χ4n) is 4.62. The summed E-state index contributed by atoms with van der Waals surface area (Å²) in [6.07, 6.45) is 7.73. The van der Waals surface area contributed by atoms with Gasteiger partial charge in [0, 0.05) is 47.6 Å². The Morgan fingerprint density at radius 2 is 1.84 bits per heavy atom. The van der Waals surface area contributed by atoms with E-state index < -0.39 is 5.91 Å². The number of piperidine rings is 1. The van der Waals surface area contributed by atoms with Gasteiger partial charge in [-0.15, -0.1) is 0 Å². The van der Waals surface area contributed by atoms with E-state index in [1.807, 2.05) is 54.6 Å². The number of hydrogen-bond donors (Lipinski definition) is 3. The number of carbonyl (C=O) groups excluding carboxylic acids is 3.